The smallest absolute Gasteiger partial charge is 0.333 e. The van der Waals surface area contributed by atoms with Crippen molar-refractivity contribution in [2.75, 3.05) is 19.8 Å². The second-order valence-electron chi connectivity index (χ2n) is 9.13. The summed E-state index contributed by atoms with van der Waals surface area (Å²) in [6.07, 6.45) is 2.11. The molecule has 0 aliphatic carbocycles. The van der Waals surface area contributed by atoms with Gasteiger partial charge in [0.05, 0.1) is 19.8 Å². The first-order valence-corrected chi connectivity index (χ1v) is 19.5. The Morgan fingerprint density at radius 2 is 0.971 bits per heavy atom. The minimum atomic E-state index is -2.51. The fraction of sp³-hybridized carbons (Fsp3) is 0.625. The molecule has 8 nitrogen and oxygen atoms in total. The van der Waals surface area contributed by atoms with Gasteiger partial charge in [0, 0.05) is 16.7 Å². The van der Waals surface area contributed by atoms with Crippen LogP contribution in [0.5, 0.6) is 0 Å². The molecule has 0 heterocycles. The first kappa shape index (κ1) is 33.2. The Balaban J connectivity index is 4.79. The molecule has 35 heavy (non-hydrogen) atoms. The Morgan fingerprint density at radius 3 is 1.29 bits per heavy atom. The highest BCUT2D eigenvalue weighted by Gasteiger charge is 2.34. The monoisotopic (exact) mass is 544 g/mol. The molecule has 2 unspecified atom stereocenters. The van der Waals surface area contributed by atoms with E-state index in [0.29, 0.717) is 49.0 Å². The van der Waals surface area contributed by atoms with Gasteiger partial charge in [0.25, 0.3) is 0 Å². The van der Waals surface area contributed by atoms with E-state index in [4.69, 9.17) is 22.4 Å². The Hall–Kier alpha value is -1.80. The van der Waals surface area contributed by atoms with Crippen LogP contribution in [0, 0.1) is 0 Å². The van der Waals surface area contributed by atoms with Gasteiger partial charge in [0.1, 0.15) is 0 Å². The van der Waals surface area contributed by atoms with Crippen molar-refractivity contribution in [3.8, 4) is 0 Å². The zero-order valence-corrected chi connectivity index (χ0v) is 25.7. The first-order valence-electron chi connectivity index (χ1n) is 12.1. The van der Waals surface area contributed by atoms with E-state index in [-0.39, 0.29) is 11.9 Å². The van der Waals surface area contributed by atoms with E-state index in [9.17, 15) is 14.4 Å². The molecule has 0 N–H and O–H groups in total. The van der Waals surface area contributed by atoms with E-state index in [0.717, 1.165) is 24.9 Å². The second-order valence-corrected chi connectivity index (χ2v) is 18.2. The van der Waals surface area contributed by atoms with Gasteiger partial charge in [-0.05, 0) is 77.8 Å². The lowest BCUT2D eigenvalue weighted by atomic mass is 10.4. The van der Waals surface area contributed by atoms with Crippen LogP contribution in [0.15, 0.2) is 36.5 Å². The largest absolute Gasteiger partial charge is 0.462 e. The van der Waals surface area contributed by atoms with Crippen LogP contribution in [0.25, 0.3) is 0 Å². The molecule has 0 amide bonds. The standard InChI is InChI=1S/C24H44O8Si3/c1-19(2)22(25)28-13-10-16-33(7)31-35(9,18-12-15-30-24(27)21(5)6)32-34(8)17-11-14-29-23(26)20(3)4/h33-34H,1,3,5,10-18H2,2,4,6-9H3. The van der Waals surface area contributed by atoms with E-state index in [1.165, 1.54) is 0 Å². The number of carbonyl (C=O) groups excluding carboxylic acids is 3. The van der Waals surface area contributed by atoms with Crippen molar-refractivity contribution < 1.29 is 36.8 Å². The minimum absolute atomic E-state index is 0.292. The van der Waals surface area contributed by atoms with Crippen molar-refractivity contribution in [3.05, 3.63) is 36.5 Å². The molecule has 0 fully saturated rings. The molecule has 0 saturated heterocycles. The normalized spacial score (nSPS) is 14.2. The molecule has 0 aromatic heterocycles. The van der Waals surface area contributed by atoms with Crippen LogP contribution in [0.2, 0.25) is 37.8 Å². The number of ether oxygens (including phenoxy) is 3. The van der Waals surface area contributed by atoms with E-state index in [1.54, 1.807) is 20.8 Å². The maximum Gasteiger partial charge on any atom is 0.333 e. The van der Waals surface area contributed by atoms with E-state index < -0.39 is 32.6 Å². The average Bonchev–Trinajstić information content (AvgIpc) is 2.76. The Labute approximate surface area is 215 Å². The first-order chi connectivity index (χ1) is 16.3. The summed E-state index contributed by atoms with van der Waals surface area (Å²) in [6.45, 7) is 22.9. The molecule has 0 aliphatic heterocycles. The number of rotatable bonds is 19. The molecule has 200 valence electrons. The van der Waals surface area contributed by atoms with Gasteiger partial charge in [-0.25, -0.2) is 14.4 Å². The summed E-state index contributed by atoms with van der Waals surface area (Å²) >= 11 is 0. The molecule has 0 spiro atoms. The summed E-state index contributed by atoms with van der Waals surface area (Å²) in [7, 11) is -5.66. The molecular formula is C24H44O8Si3. The SMILES string of the molecule is C=C(C)C(=O)OCCC[SiH](C)O[Si](C)(CCCOC(=O)C(=C)C)O[SiH](C)CCCOC(=O)C(=C)C. The molecule has 11 heteroatoms. The van der Waals surface area contributed by atoms with Gasteiger partial charge < -0.3 is 22.4 Å². The molecular weight excluding hydrogens is 501 g/mol. The number of hydrogen-bond acceptors (Lipinski definition) is 8. The molecule has 2 atom stereocenters. The summed E-state index contributed by atoms with van der Waals surface area (Å²) in [5.41, 5.74) is 1.15. The fourth-order valence-electron chi connectivity index (χ4n) is 3.11. The lowest BCUT2D eigenvalue weighted by molar-refractivity contribution is -0.139. The predicted molar refractivity (Wildman–Crippen MR) is 145 cm³/mol. The predicted octanol–water partition coefficient (Wildman–Crippen LogP) is 4.33. The van der Waals surface area contributed by atoms with Gasteiger partial charge in [-0.15, -0.1) is 0 Å². The molecule has 0 aromatic rings. The quantitative estimate of drug-likeness (QED) is 0.0779. The fourth-order valence-corrected chi connectivity index (χ4v) is 14.8. The highest BCUT2D eigenvalue weighted by atomic mass is 28.5. The maximum atomic E-state index is 11.7. The van der Waals surface area contributed by atoms with Crippen LogP contribution in [-0.2, 0) is 36.8 Å². The van der Waals surface area contributed by atoms with E-state index in [1.807, 2.05) is 0 Å². The molecule has 0 aliphatic rings. The van der Waals surface area contributed by atoms with Gasteiger partial charge in [-0.2, -0.15) is 0 Å². The van der Waals surface area contributed by atoms with Gasteiger partial charge in [-0.3, -0.25) is 0 Å². The number of carbonyl (C=O) groups is 3. The summed E-state index contributed by atoms with van der Waals surface area (Å²) in [5, 5.41) is 0. The topological polar surface area (TPSA) is 97.4 Å². The molecule has 0 rings (SSSR count). The molecule has 0 bridgehead atoms. The lowest BCUT2D eigenvalue weighted by Gasteiger charge is -2.33. The summed E-state index contributed by atoms with van der Waals surface area (Å²) in [6, 6.07) is 2.42. The maximum absolute atomic E-state index is 11.7. The van der Waals surface area contributed by atoms with Crippen LogP contribution in [-0.4, -0.2) is 64.4 Å². The number of hydrogen-bond donors (Lipinski definition) is 0. The highest BCUT2D eigenvalue weighted by Crippen LogP contribution is 2.22. The summed E-state index contributed by atoms with van der Waals surface area (Å²) in [5.74, 6) is -1.14. The Bertz CT molecular complexity index is 711. The third kappa shape index (κ3) is 16.5. The van der Waals surface area contributed by atoms with Crippen LogP contribution in [0.4, 0.5) is 0 Å². The summed E-state index contributed by atoms with van der Waals surface area (Å²) in [4.78, 5) is 34.7. The zero-order chi connectivity index (χ0) is 27.0. The average molecular weight is 545 g/mol. The van der Waals surface area contributed by atoms with Crippen LogP contribution in [0.1, 0.15) is 40.0 Å². The van der Waals surface area contributed by atoms with Crippen LogP contribution >= 0.6 is 0 Å². The van der Waals surface area contributed by atoms with Crippen molar-refractivity contribution >= 4 is 44.5 Å². The Morgan fingerprint density at radius 1 is 0.657 bits per heavy atom. The van der Waals surface area contributed by atoms with Crippen molar-refractivity contribution in [2.24, 2.45) is 0 Å². The second kappa shape index (κ2) is 17.6. The van der Waals surface area contributed by atoms with Crippen molar-refractivity contribution in [3.63, 3.8) is 0 Å². The van der Waals surface area contributed by atoms with Gasteiger partial charge in [0.2, 0.25) is 0 Å². The van der Waals surface area contributed by atoms with Gasteiger partial charge in [0.15, 0.2) is 18.1 Å². The van der Waals surface area contributed by atoms with Gasteiger partial charge in [-0.1, -0.05) is 19.7 Å². The van der Waals surface area contributed by atoms with Crippen LogP contribution in [0.3, 0.4) is 0 Å². The van der Waals surface area contributed by atoms with Gasteiger partial charge >= 0.3 is 26.5 Å². The van der Waals surface area contributed by atoms with Crippen molar-refractivity contribution in [1.82, 2.24) is 0 Å². The van der Waals surface area contributed by atoms with E-state index in [2.05, 4.69) is 39.4 Å². The lowest BCUT2D eigenvalue weighted by Crippen LogP contribution is -2.46. The van der Waals surface area contributed by atoms with Crippen molar-refractivity contribution in [2.45, 2.75) is 77.8 Å². The Kier molecular flexibility index (Phi) is 16.7. The minimum Gasteiger partial charge on any atom is -0.462 e. The molecule has 0 saturated carbocycles. The van der Waals surface area contributed by atoms with Crippen LogP contribution < -0.4 is 0 Å². The third-order valence-corrected chi connectivity index (χ3v) is 15.8. The van der Waals surface area contributed by atoms with Crippen molar-refractivity contribution in [1.29, 1.82) is 0 Å². The third-order valence-electron chi connectivity index (χ3n) is 4.93. The molecule has 0 aromatic carbocycles. The number of esters is 3. The zero-order valence-electron chi connectivity index (χ0n) is 22.4. The van der Waals surface area contributed by atoms with E-state index >= 15 is 0 Å². The highest BCUT2D eigenvalue weighted by molar-refractivity contribution is 6.79. The molecule has 0 radical (unpaired) electrons. The summed E-state index contributed by atoms with van der Waals surface area (Å²) < 4.78 is 28.7.